The smallest absolute Gasteiger partial charge is 0.241 e. The lowest BCUT2D eigenvalue weighted by molar-refractivity contribution is -0.120. The molecular weight excluding hydrogens is 374 g/mol. The number of amides is 1. The SMILES string of the molecule is COc1ccc(NC(=O)[C@H](C)N2CCN(c3cccc(C)c3C)CC2)cc1Cl. The van der Waals surface area contributed by atoms with E-state index in [1.54, 1.807) is 25.3 Å². The summed E-state index contributed by atoms with van der Waals surface area (Å²) < 4.78 is 5.15. The van der Waals surface area contributed by atoms with Gasteiger partial charge in [-0.25, -0.2) is 0 Å². The molecule has 6 heteroatoms. The van der Waals surface area contributed by atoms with Crippen molar-refractivity contribution in [3.63, 3.8) is 0 Å². The number of benzene rings is 2. The highest BCUT2D eigenvalue weighted by atomic mass is 35.5. The van der Waals surface area contributed by atoms with Gasteiger partial charge in [0.2, 0.25) is 5.91 Å². The summed E-state index contributed by atoms with van der Waals surface area (Å²) in [5, 5.41) is 3.44. The van der Waals surface area contributed by atoms with Crippen molar-refractivity contribution in [2.24, 2.45) is 0 Å². The van der Waals surface area contributed by atoms with Crippen LogP contribution in [0.15, 0.2) is 36.4 Å². The molecule has 0 aliphatic carbocycles. The van der Waals surface area contributed by atoms with E-state index in [0.717, 1.165) is 26.2 Å². The molecule has 150 valence electrons. The molecule has 0 bridgehead atoms. The number of aryl methyl sites for hydroxylation is 1. The average molecular weight is 402 g/mol. The number of methoxy groups -OCH3 is 1. The fourth-order valence-electron chi connectivity index (χ4n) is 3.58. The Kier molecular flexibility index (Phi) is 6.47. The van der Waals surface area contributed by atoms with Crippen LogP contribution in [0.3, 0.4) is 0 Å². The molecule has 0 unspecified atom stereocenters. The Balaban J connectivity index is 1.58. The van der Waals surface area contributed by atoms with Crippen LogP contribution in [-0.2, 0) is 4.79 Å². The van der Waals surface area contributed by atoms with Gasteiger partial charge in [0.25, 0.3) is 0 Å². The molecule has 1 amide bonds. The minimum atomic E-state index is -0.207. The van der Waals surface area contributed by atoms with Gasteiger partial charge in [-0.3, -0.25) is 9.69 Å². The molecular formula is C22H28ClN3O2. The lowest BCUT2D eigenvalue weighted by Crippen LogP contribution is -2.53. The number of halogens is 1. The number of piperazine rings is 1. The molecule has 1 saturated heterocycles. The molecule has 1 fully saturated rings. The van der Waals surface area contributed by atoms with E-state index in [0.29, 0.717) is 16.5 Å². The molecule has 28 heavy (non-hydrogen) atoms. The van der Waals surface area contributed by atoms with Crippen molar-refractivity contribution in [3.05, 3.63) is 52.5 Å². The highest BCUT2D eigenvalue weighted by molar-refractivity contribution is 6.32. The zero-order valence-electron chi connectivity index (χ0n) is 17.0. The molecule has 0 radical (unpaired) electrons. The first kappa shape index (κ1) is 20.5. The normalized spacial score (nSPS) is 16.0. The van der Waals surface area contributed by atoms with Crippen molar-refractivity contribution >= 4 is 28.9 Å². The Morgan fingerprint density at radius 1 is 1.14 bits per heavy atom. The largest absolute Gasteiger partial charge is 0.495 e. The van der Waals surface area contributed by atoms with E-state index in [-0.39, 0.29) is 11.9 Å². The maximum atomic E-state index is 12.7. The molecule has 0 spiro atoms. The van der Waals surface area contributed by atoms with Gasteiger partial charge < -0.3 is 15.0 Å². The number of carbonyl (C=O) groups excluding carboxylic acids is 1. The number of hydrogen-bond acceptors (Lipinski definition) is 4. The van der Waals surface area contributed by atoms with Crippen molar-refractivity contribution in [2.75, 3.05) is 43.5 Å². The summed E-state index contributed by atoms with van der Waals surface area (Å²) in [4.78, 5) is 17.3. The second-order valence-electron chi connectivity index (χ2n) is 7.26. The van der Waals surface area contributed by atoms with Crippen LogP contribution in [-0.4, -0.2) is 50.1 Å². The van der Waals surface area contributed by atoms with Crippen molar-refractivity contribution < 1.29 is 9.53 Å². The van der Waals surface area contributed by atoms with Crippen molar-refractivity contribution in [1.29, 1.82) is 0 Å². The van der Waals surface area contributed by atoms with Crippen molar-refractivity contribution in [2.45, 2.75) is 26.8 Å². The Morgan fingerprint density at radius 3 is 2.50 bits per heavy atom. The third kappa shape index (κ3) is 4.42. The van der Waals surface area contributed by atoms with Gasteiger partial charge in [0.05, 0.1) is 18.2 Å². The molecule has 5 nitrogen and oxygen atoms in total. The summed E-state index contributed by atoms with van der Waals surface area (Å²) in [7, 11) is 1.57. The van der Waals surface area contributed by atoms with Crippen LogP contribution in [0.2, 0.25) is 5.02 Å². The van der Waals surface area contributed by atoms with E-state index in [4.69, 9.17) is 16.3 Å². The van der Waals surface area contributed by atoms with E-state index < -0.39 is 0 Å². The van der Waals surface area contributed by atoms with Crippen LogP contribution in [0, 0.1) is 13.8 Å². The summed E-state index contributed by atoms with van der Waals surface area (Å²) >= 11 is 6.15. The van der Waals surface area contributed by atoms with Crippen LogP contribution in [0.1, 0.15) is 18.1 Å². The molecule has 0 aromatic heterocycles. The van der Waals surface area contributed by atoms with E-state index >= 15 is 0 Å². The number of nitrogens with zero attached hydrogens (tertiary/aromatic N) is 2. The average Bonchev–Trinajstić information content (AvgIpc) is 2.70. The maximum Gasteiger partial charge on any atom is 0.241 e. The molecule has 1 aliphatic heterocycles. The van der Waals surface area contributed by atoms with Crippen LogP contribution in [0.25, 0.3) is 0 Å². The summed E-state index contributed by atoms with van der Waals surface area (Å²) in [5.41, 5.74) is 4.62. The predicted octanol–water partition coefficient (Wildman–Crippen LogP) is 4.11. The number of nitrogens with one attached hydrogen (secondary N) is 1. The summed E-state index contributed by atoms with van der Waals surface area (Å²) in [6, 6.07) is 11.5. The van der Waals surface area contributed by atoms with Gasteiger partial charge >= 0.3 is 0 Å². The maximum absolute atomic E-state index is 12.7. The van der Waals surface area contributed by atoms with Gasteiger partial charge in [-0.05, 0) is 56.2 Å². The Bertz CT molecular complexity index is 848. The topological polar surface area (TPSA) is 44.8 Å². The lowest BCUT2D eigenvalue weighted by atomic mass is 10.1. The van der Waals surface area contributed by atoms with E-state index in [1.807, 2.05) is 6.92 Å². The molecule has 1 N–H and O–H groups in total. The fourth-order valence-corrected chi connectivity index (χ4v) is 3.84. The van der Waals surface area contributed by atoms with Crippen molar-refractivity contribution in [1.82, 2.24) is 4.90 Å². The Hall–Kier alpha value is -2.24. The monoisotopic (exact) mass is 401 g/mol. The fraction of sp³-hybridized carbons (Fsp3) is 0.409. The standard InChI is InChI=1S/C22H28ClN3O2/c1-15-6-5-7-20(16(15)2)26-12-10-25(11-13-26)17(3)22(27)24-18-8-9-21(28-4)19(23)14-18/h5-9,14,17H,10-13H2,1-4H3,(H,24,27)/t17-/m0/s1. The van der Waals surface area contributed by atoms with Gasteiger partial charge in [-0.2, -0.15) is 0 Å². The van der Waals surface area contributed by atoms with Crippen LogP contribution < -0.4 is 15.0 Å². The summed E-state index contributed by atoms with van der Waals surface area (Å²) in [6.07, 6.45) is 0. The van der Waals surface area contributed by atoms with Crippen molar-refractivity contribution in [3.8, 4) is 5.75 Å². The molecule has 0 saturated carbocycles. The second-order valence-corrected chi connectivity index (χ2v) is 7.66. The van der Waals surface area contributed by atoms with E-state index in [1.165, 1.54) is 16.8 Å². The van der Waals surface area contributed by atoms with E-state index in [2.05, 4.69) is 47.2 Å². The number of ether oxygens (including phenoxy) is 1. The number of carbonyl (C=O) groups is 1. The third-order valence-corrected chi connectivity index (χ3v) is 5.87. The molecule has 1 aliphatic rings. The predicted molar refractivity (Wildman–Crippen MR) is 116 cm³/mol. The van der Waals surface area contributed by atoms with Gasteiger partial charge in [-0.1, -0.05) is 23.7 Å². The minimum absolute atomic E-state index is 0.0265. The molecule has 2 aromatic carbocycles. The Morgan fingerprint density at radius 2 is 1.86 bits per heavy atom. The molecule has 2 aromatic rings. The van der Waals surface area contributed by atoms with Gasteiger partial charge in [-0.15, -0.1) is 0 Å². The van der Waals surface area contributed by atoms with Gasteiger partial charge in [0.1, 0.15) is 5.75 Å². The molecule has 1 atom stereocenters. The van der Waals surface area contributed by atoms with Gasteiger partial charge in [0, 0.05) is 37.6 Å². The first-order valence-corrected chi connectivity index (χ1v) is 9.98. The summed E-state index contributed by atoms with van der Waals surface area (Å²) in [5.74, 6) is 0.566. The van der Waals surface area contributed by atoms with Crippen LogP contribution in [0.5, 0.6) is 5.75 Å². The summed E-state index contributed by atoms with van der Waals surface area (Å²) in [6.45, 7) is 9.80. The number of hydrogen-bond donors (Lipinski definition) is 1. The van der Waals surface area contributed by atoms with E-state index in [9.17, 15) is 4.79 Å². The lowest BCUT2D eigenvalue weighted by Gasteiger charge is -2.39. The second kappa shape index (κ2) is 8.84. The number of anilines is 2. The third-order valence-electron chi connectivity index (χ3n) is 5.58. The quantitative estimate of drug-likeness (QED) is 0.818. The zero-order chi connectivity index (χ0) is 20.3. The zero-order valence-corrected chi connectivity index (χ0v) is 17.7. The van der Waals surface area contributed by atoms with Gasteiger partial charge in [0.15, 0.2) is 0 Å². The molecule has 1 heterocycles. The minimum Gasteiger partial charge on any atom is -0.495 e. The highest BCUT2D eigenvalue weighted by Gasteiger charge is 2.26. The number of rotatable bonds is 5. The highest BCUT2D eigenvalue weighted by Crippen LogP contribution is 2.28. The van der Waals surface area contributed by atoms with Crippen LogP contribution in [0.4, 0.5) is 11.4 Å². The Labute approximate surface area is 172 Å². The first-order valence-electron chi connectivity index (χ1n) is 9.60. The first-order chi connectivity index (χ1) is 13.4. The van der Waals surface area contributed by atoms with Crippen LogP contribution >= 0.6 is 11.6 Å². The molecule has 3 rings (SSSR count).